The molecule has 0 aromatic rings. The second-order valence-corrected chi connectivity index (χ2v) is 2.88. The van der Waals surface area contributed by atoms with E-state index < -0.39 is 0 Å². The molecule has 0 radical (unpaired) electrons. The molecule has 0 bridgehead atoms. The molecular weight excluding hydrogens is 136 g/mol. The first-order chi connectivity index (χ1) is 5.20. The zero-order chi connectivity index (χ0) is 8.69. The molecule has 1 nitrogen and oxygen atoms in total. The molecule has 0 atom stereocenters. The molecule has 0 saturated heterocycles. The highest BCUT2D eigenvalue weighted by Crippen LogP contribution is 2.14. The maximum Gasteiger partial charge on any atom is 0.0925 e. The van der Waals surface area contributed by atoms with Crippen molar-refractivity contribution in [2.45, 2.75) is 40.0 Å². The van der Waals surface area contributed by atoms with Crippen LogP contribution in [-0.4, -0.2) is 5.11 Å². The molecule has 0 heterocycles. The molecule has 1 aliphatic carbocycles. The average Bonchev–Trinajstić information content (AvgIpc) is 1.97. The van der Waals surface area contributed by atoms with E-state index in [4.69, 9.17) is 5.11 Å². The van der Waals surface area contributed by atoms with Crippen molar-refractivity contribution in [3.05, 3.63) is 23.5 Å². The third kappa shape index (κ3) is 5.71. The highest BCUT2D eigenvalue weighted by molar-refractivity contribution is 5.18. The van der Waals surface area contributed by atoms with E-state index in [-0.39, 0.29) is 0 Å². The van der Waals surface area contributed by atoms with Crippen LogP contribution in [0.5, 0.6) is 0 Å². The largest absolute Gasteiger partial charge is 0.512 e. The fourth-order valence-corrected chi connectivity index (χ4v) is 0.730. The van der Waals surface area contributed by atoms with Gasteiger partial charge in [-0.25, -0.2) is 0 Å². The van der Waals surface area contributed by atoms with Gasteiger partial charge in [0.25, 0.3) is 0 Å². The first-order valence-electron chi connectivity index (χ1n) is 4.26. The molecular formula is C10H18O. The van der Waals surface area contributed by atoms with Crippen LogP contribution < -0.4 is 0 Å². The minimum Gasteiger partial charge on any atom is -0.512 e. The SMILES string of the molecule is CC1=CC=C(O)CC1.CCC. The summed E-state index contributed by atoms with van der Waals surface area (Å²) in [5.74, 6) is 0.510. The molecule has 0 aromatic carbocycles. The van der Waals surface area contributed by atoms with Crippen molar-refractivity contribution >= 4 is 0 Å². The Hall–Kier alpha value is -0.720. The van der Waals surface area contributed by atoms with E-state index >= 15 is 0 Å². The average molecular weight is 154 g/mol. The van der Waals surface area contributed by atoms with Gasteiger partial charge >= 0.3 is 0 Å². The fourth-order valence-electron chi connectivity index (χ4n) is 0.730. The monoisotopic (exact) mass is 154 g/mol. The lowest BCUT2D eigenvalue weighted by Crippen LogP contribution is -1.88. The summed E-state index contributed by atoms with van der Waals surface area (Å²) in [4.78, 5) is 0. The van der Waals surface area contributed by atoms with E-state index in [1.54, 1.807) is 6.08 Å². The van der Waals surface area contributed by atoms with E-state index in [1.165, 1.54) is 12.0 Å². The smallest absolute Gasteiger partial charge is 0.0925 e. The van der Waals surface area contributed by atoms with Crippen molar-refractivity contribution in [3.63, 3.8) is 0 Å². The zero-order valence-electron chi connectivity index (χ0n) is 7.72. The Labute approximate surface area is 69.4 Å². The standard InChI is InChI=1S/C7H10O.C3H8/c1-6-2-4-7(8)5-3-6;1-3-2/h2,4,8H,3,5H2,1H3;3H2,1-2H3. The van der Waals surface area contributed by atoms with Crippen molar-refractivity contribution in [2.75, 3.05) is 0 Å². The van der Waals surface area contributed by atoms with Gasteiger partial charge in [0.1, 0.15) is 0 Å². The Morgan fingerprint density at radius 1 is 1.27 bits per heavy atom. The predicted molar refractivity (Wildman–Crippen MR) is 49.7 cm³/mol. The molecule has 64 valence electrons. The van der Waals surface area contributed by atoms with Gasteiger partial charge in [-0.1, -0.05) is 31.9 Å². The Bertz CT molecular complexity index is 136. The molecule has 0 fully saturated rings. The summed E-state index contributed by atoms with van der Waals surface area (Å²) in [5, 5.41) is 8.84. The van der Waals surface area contributed by atoms with Crippen molar-refractivity contribution in [1.29, 1.82) is 0 Å². The van der Waals surface area contributed by atoms with Crippen LogP contribution in [-0.2, 0) is 0 Å². The van der Waals surface area contributed by atoms with Crippen molar-refractivity contribution < 1.29 is 5.11 Å². The number of aliphatic hydroxyl groups is 1. The molecule has 11 heavy (non-hydrogen) atoms. The van der Waals surface area contributed by atoms with E-state index in [2.05, 4.69) is 20.8 Å². The third-order valence-electron chi connectivity index (χ3n) is 1.34. The summed E-state index contributed by atoms with van der Waals surface area (Å²) >= 11 is 0. The Morgan fingerprint density at radius 3 is 2.09 bits per heavy atom. The Morgan fingerprint density at radius 2 is 1.82 bits per heavy atom. The number of hydrogen-bond donors (Lipinski definition) is 1. The maximum absolute atomic E-state index is 8.84. The van der Waals surface area contributed by atoms with Crippen LogP contribution in [0.3, 0.4) is 0 Å². The summed E-state index contributed by atoms with van der Waals surface area (Å²) in [7, 11) is 0. The lowest BCUT2D eigenvalue weighted by molar-refractivity contribution is 0.386. The second kappa shape index (κ2) is 6.02. The van der Waals surface area contributed by atoms with Gasteiger partial charge < -0.3 is 5.11 Å². The van der Waals surface area contributed by atoms with Crippen LogP contribution in [0.25, 0.3) is 0 Å². The number of aliphatic hydroxyl groups excluding tert-OH is 1. The summed E-state index contributed by atoms with van der Waals surface area (Å²) < 4.78 is 0. The van der Waals surface area contributed by atoms with Crippen LogP contribution in [0.1, 0.15) is 40.0 Å². The fraction of sp³-hybridized carbons (Fsp3) is 0.600. The van der Waals surface area contributed by atoms with Gasteiger partial charge in [-0.3, -0.25) is 0 Å². The van der Waals surface area contributed by atoms with Crippen LogP contribution in [0.2, 0.25) is 0 Å². The number of allylic oxidation sites excluding steroid dienone is 4. The van der Waals surface area contributed by atoms with Gasteiger partial charge in [0, 0.05) is 6.42 Å². The maximum atomic E-state index is 8.84. The lowest BCUT2D eigenvalue weighted by Gasteiger charge is -2.04. The van der Waals surface area contributed by atoms with Gasteiger partial charge in [-0.15, -0.1) is 0 Å². The number of rotatable bonds is 0. The summed E-state index contributed by atoms with van der Waals surface area (Å²) in [5.41, 5.74) is 1.35. The van der Waals surface area contributed by atoms with E-state index in [0.29, 0.717) is 5.76 Å². The molecule has 1 aliphatic rings. The normalized spacial score (nSPS) is 15.9. The Kier molecular flexibility index (Phi) is 5.63. The first kappa shape index (κ1) is 10.3. The van der Waals surface area contributed by atoms with Gasteiger partial charge in [-0.2, -0.15) is 0 Å². The van der Waals surface area contributed by atoms with Crippen LogP contribution in [0.15, 0.2) is 23.5 Å². The van der Waals surface area contributed by atoms with Gasteiger partial charge in [0.05, 0.1) is 5.76 Å². The molecule has 0 spiro atoms. The second-order valence-electron chi connectivity index (χ2n) is 2.88. The molecule has 0 saturated carbocycles. The molecule has 1 heteroatoms. The minimum absolute atomic E-state index is 0.510. The third-order valence-corrected chi connectivity index (χ3v) is 1.34. The van der Waals surface area contributed by atoms with Gasteiger partial charge in [0.2, 0.25) is 0 Å². The number of hydrogen-bond acceptors (Lipinski definition) is 1. The van der Waals surface area contributed by atoms with E-state index in [1.807, 2.05) is 6.08 Å². The van der Waals surface area contributed by atoms with Crippen LogP contribution in [0, 0.1) is 0 Å². The summed E-state index contributed by atoms with van der Waals surface area (Å²) in [6, 6.07) is 0. The molecule has 0 unspecified atom stereocenters. The predicted octanol–water partition coefficient (Wildman–Crippen LogP) is 3.58. The first-order valence-corrected chi connectivity index (χ1v) is 4.26. The van der Waals surface area contributed by atoms with Crippen LogP contribution >= 0.6 is 0 Å². The molecule has 0 amide bonds. The lowest BCUT2D eigenvalue weighted by atomic mass is 10.1. The van der Waals surface area contributed by atoms with Crippen molar-refractivity contribution in [3.8, 4) is 0 Å². The Balaban J connectivity index is 0.000000292. The quantitative estimate of drug-likeness (QED) is 0.565. The summed E-state index contributed by atoms with van der Waals surface area (Å²) in [6.45, 7) is 6.32. The van der Waals surface area contributed by atoms with Crippen molar-refractivity contribution in [2.24, 2.45) is 0 Å². The molecule has 0 aliphatic heterocycles. The van der Waals surface area contributed by atoms with E-state index in [9.17, 15) is 0 Å². The molecule has 1 rings (SSSR count). The molecule has 1 N–H and O–H groups in total. The summed E-state index contributed by atoms with van der Waals surface area (Å²) in [6.07, 6.45) is 6.81. The topological polar surface area (TPSA) is 20.2 Å². The zero-order valence-corrected chi connectivity index (χ0v) is 7.72. The van der Waals surface area contributed by atoms with Gasteiger partial charge in [0.15, 0.2) is 0 Å². The highest BCUT2D eigenvalue weighted by atomic mass is 16.3. The van der Waals surface area contributed by atoms with Crippen molar-refractivity contribution in [1.82, 2.24) is 0 Å². The highest BCUT2D eigenvalue weighted by Gasteiger charge is 1.98. The van der Waals surface area contributed by atoms with Crippen LogP contribution in [0.4, 0.5) is 0 Å². The minimum atomic E-state index is 0.510. The molecule has 0 aromatic heterocycles. The van der Waals surface area contributed by atoms with E-state index in [0.717, 1.165) is 12.8 Å². The van der Waals surface area contributed by atoms with Gasteiger partial charge in [-0.05, 0) is 19.4 Å².